The van der Waals surface area contributed by atoms with Gasteiger partial charge in [0.05, 0.1) is 5.75 Å². The van der Waals surface area contributed by atoms with Gasteiger partial charge in [-0.05, 0) is 0 Å². The number of nitrogens with one attached hydrogen (secondary N) is 2. The van der Waals surface area contributed by atoms with Crippen molar-refractivity contribution in [2.75, 3.05) is 23.9 Å². The monoisotopic (exact) mass is 328 g/mol. The van der Waals surface area contributed by atoms with Gasteiger partial charge in [0.1, 0.15) is 9.84 Å². The predicted octanol–water partition coefficient (Wildman–Crippen LogP) is -1.18. The summed E-state index contributed by atoms with van der Waals surface area (Å²) in [6, 6.07) is 0. The number of hydrogen-bond donors (Lipinski definition) is 2. The van der Waals surface area contributed by atoms with Crippen LogP contribution in [0.25, 0.3) is 0 Å². The number of sulfonamides is 1. The Hall–Kier alpha value is -1.11. The first-order valence-electron chi connectivity index (χ1n) is 4.88. The lowest BCUT2D eigenvalue weighted by Gasteiger charge is -2.01. The molecule has 1 amide bonds. The highest BCUT2D eigenvalue weighted by atomic mass is 32.2. The van der Waals surface area contributed by atoms with E-state index in [4.69, 9.17) is 0 Å². The third-order valence-corrected chi connectivity index (χ3v) is 5.30. The van der Waals surface area contributed by atoms with Crippen LogP contribution in [0.1, 0.15) is 6.92 Å². The molecule has 1 heterocycles. The Labute approximate surface area is 114 Å². The van der Waals surface area contributed by atoms with E-state index in [1.807, 2.05) is 0 Å². The summed E-state index contributed by atoms with van der Waals surface area (Å²) in [4.78, 5) is 10.8. The van der Waals surface area contributed by atoms with Gasteiger partial charge in [-0.3, -0.25) is 4.79 Å². The Morgan fingerprint density at radius 3 is 2.42 bits per heavy atom. The van der Waals surface area contributed by atoms with Gasteiger partial charge in [0.25, 0.3) is 10.0 Å². The van der Waals surface area contributed by atoms with Gasteiger partial charge in [0.15, 0.2) is 0 Å². The van der Waals surface area contributed by atoms with Crippen LogP contribution < -0.4 is 10.0 Å². The van der Waals surface area contributed by atoms with Crippen molar-refractivity contribution in [3.8, 4) is 0 Å². The Balaban J connectivity index is 2.72. The molecule has 0 atom stereocenters. The molecule has 108 valence electrons. The summed E-state index contributed by atoms with van der Waals surface area (Å²) in [6.07, 6.45) is 1.00. The third kappa shape index (κ3) is 5.59. The SMILES string of the molecule is CC(=O)Nc1nnc(S(=O)(=O)NCCS(C)(=O)=O)s1. The Kier molecular flexibility index (Phi) is 4.95. The minimum Gasteiger partial charge on any atom is -0.301 e. The van der Waals surface area contributed by atoms with Gasteiger partial charge in [0.2, 0.25) is 15.4 Å². The normalized spacial score (nSPS) is 12.3. The molecule has 0 aliphatic carbocycles. The minimum atomic E-state index is -3.92. The Morgan fingerprint density at radius 2 is 1.89 bits per heavy atom. The van der Waals surface area contributed by atoms with Crippen LogP contribution in [0, 0.1) is 0 Å². The summed E-state index contributed by atoms with van der Waals surface area (Å²) in [5.41, 5.74) is 0. The van der Waals surface area contributed by atoms with Crippen LogP contribution in [-0.2, 0) is 24.7 Å². The molecule has 1 aromatic heterocycles. The first kappa shape index (κ1) is 15.9. The van der Waals surface area contributed by atoms with Crippen molar-refractivity contribution < 1.29 is 21.6 Å². The number of carbonyl (C=O) groups excluding carboxylic acids is 1. The molecule has 0 fully saturated rings. The van der Waals surface area contributed by atoms with Gasteiger partial charge in [-0.25, -0.2) is 21.6 Å². The van der Waals surface area contributed by atoms with E-state index in [1.54, 1.807) is 0 Å². The maximum atomic E-state index is 11.7. The van der Waals surface area contributed by atoms with E-state index in [1.165, 1.54) is 6.92 Å². The molecule has 0 radical (unpaired) electrons. The zero-order valence-electron chi connectivity index (χ0n) is 10.1. The largest absolute Gasteiger partial charge is 0.301 e. The second-order valence-electron chi connectivity index (χ2n) is 3.58. The lowest BCUT2D eigenvalue weighted by molar-refractivity contribution is -0.114. The summed E-state index contributed by atoms with van der Waals surface area (Å²) in [5.74, 6) is -0.714. The molecule has 1 rings (SSSR count). The van der Waals surface area contributed by atoms with Crippen molar-refractivity contribution in [1.29, 1.82) is 0 Å². The van der Waals surface area contributed by atoms with E-state index in [9.17, 15) is 21.6 Å². The first-order chi connectivity index (χ1) is 8.60. The van der Waals surface area contributed by atoms with E-state index in [0.717, 1.165) is 6.26 Å². The molecular formula is C7H12N4O5S3. The van der Waals surface area contributed by atoms with Crippen molar-refractivity contribution in [3.05, 3.63) is 0 Å². The van der Waals surface area contributed by atoms with E-state index < -0.39 is 25.8 Å². The highest BCUT2D eigenvalue weighted by molar-refractivity contribution is 7.92. The molecule has 0 spiro atoms. The second-order valence-corrected chi connectivity index (χ2v) is 8.76. The molecule has 0 bridgehead atoms. The molecule has 0 unspecified atom stereocenters. The smallest absolute Gasteiger partial charge is 0.269 e. The van der Waals surface area contributed by atoms with Crippen molar-refractivity contribution >= 4 is 42.2 Å². The van der Waals surface area contributed by atoms with Crippen molar-refractivity contribution in [2.24, 2.45) is 0 Å². The summed E-state index contributed by atoms with van der Waals surface area (Å²) in [5, 5.41) is 9.24. The summed E-state index contributed by atoms with van der Waals surface area (Å²) >= 11 is 0.672. The number of rotatable bonds is 6. The van der Waals surface area contributed by atoms with Gasteiger partial charge >= 0.3 is 0 Å². The van der Waals surface area contributed by atoms with E-state index in [0.29, 0.717) is 11.3 Å². The zero-order valence-corrected chi connectivity index (χ0v) is 12.5. The van der Waals surface area contributed by atoms with Gasteiger partial charge < -0.3 is 5.32 Å². The molecule has 19 heavy (non-hydrogen) atoms. The third-order valence-electron chi connectivity index (χ3n) is 1.68. The average Bonchev–Trinajstić information content (AvgIpc) is 2.63. The first-order valence-corrected chi connectivity index (χ1v) is 9.25. The van der Waals surface area contributed by atoms with Crippen molar-refractivity contribution in [1.82, 2.24) is 14.9 Å². The molecule has 0 aromatic carbocycles. The van der Waals surface area contributed by atoms with Crippen molar-refractivity contribution in [2.45, 2.75) is 11.3 Å². The van der Waals surface area contributed by atoms with Crippen LogP contribution in [0.3, 0.4) is 0 Å². The fourth-order valence-electron chi connectivity index (χ4n) is 0.943. The zero-order chi connectivity index (χ0) is 14.7. The topological polar surface area (TPSA) is 135 Å². The van der Waals surface area contributed by atoms with Gasteiger partial charge in [-0.2, -0.15) is 0 Å². The predicted molar refractivity (Wildman–Crippen MR) is 69.1 cm³/mol. The molecular weight excluding hydrogens is 316 g/mol. The van der Waals surface area contributed by atoms with Crippen LogP contribution in [0.5, 0.6) is 0 Å². The maximum absolute atomic E-state index is 11.7. The molecule has 9 nitrogen and oxygen atoms in total. The lowest BCUT2D eigenvalue weighted by atomic mass is 10.7. The Morgan fingerprint density at radius 1 is 1.26 bits per heavy atom. The number of sulfone groups is 1. The van der Waals surface area contributed by atoms with E-state index in [-0.39, 0.29) is 21.8 Å². The number of hydrogen-bond acceptors (Lipinski definition) is 8. The van der Waals surface area contributed by atoms with Crippen LogP contribution in [0.2, 0.25) is 0 Å². The highest BCUT2D eigenvalue weighted by Crippen LogP contribution is 2.19. The summed E-state index contributed by atoms with van der Waals surface area (Å²) in [7, 11) is -7.17. The van der Waals surface area contributed by atoms with E-state index >= 15 is 0 Å². The number of amides is 1. The molecule has 0 saturated carbocycles. The summed E-state index contributed by atoms with van der Waals surface area (Å²) in [6.45, 7) is 0.996. The number of anilines is 1. The summed E-state index contributed by atoms with van der Waals surface area (Å²) < 4.78 is 46.9. The van der Waals surface area contributed by atoms with Gasteiger partial charge in [-0.15, -0.1) is 10.2 Å². The molecule has 1 aromatic rings. The quantitative estimate of drug-likeness (QED) is 0.627. The molecule has 2 N–H and O–H groups in total. The average molecular weight is 328 g/mol. The molecule has 12 heteroatoms. The fraction of sp³-hybridized carbons (Fsp3) is 0.571. The standard InChI is InChI=1S/C7H12N4O5S3/c1-5(12)9-6-10-11-7(17-6)19(15,16)8-3-4-18(2,13)14/h8H,3-4H2,1-2H3,(H,9,10,12). The second kappa shape index (κ2) is 5.90. The van der Waals surface area contributed by atoms with Crippen LogP contribution in [0.4, 0.5) is 5.13 Å². The number of nitrogens with zero attached hydrogens (tertiary/aromatic N) is 2. The lowest BCUT2D eigenvalue weighted by Crippen LogP contribution is -2.28. The van der Waals surface area contributed by atoms with Gasteiger partial charge in [0, 0.05) is 19.7 Å². The van der Waals surface area contributed by atoms with Gasteiger partial charge in [-0.1, -0.05) is 11.3 Å². The van der Waals surface area contributed by atoms with Crippen LogP contribution >= 0.6 is 11.3 Å². The highest BCUT2D eigenvalue weighted by Gasteiger charge is 2.20. The van der Waals surface area contributed by atoms with Crippen molar-refractivity contribution in [3.63, 3.8) is 0 Å². The maximum Gasteiger partial charge on any atom is 0.269 e. The Bertz CT molecular complexity index is 663. The fourth-order valence-corrected chi connectivity index (χ4v) is 3.56. The molecule has 0 saturated heterocycles. The van der Waals surface area contributed by atoms with E-state index in [2.05, 4.69) is 20.2 Å². The molecule has 0 aliphatic heterocycles. The van der Waals surface area contributed by atoms with Crippen LogP contribution in [0.15, 0.2) is 4.34 Å². The number of carbonyl (C=O) groups is 1. The van der Waals surface area contributed by atoms with Crippen LogP contribution in [-0.4, -0.2) is 51.5 Å². The molecule has 0 aliphatic rings. The minimum absolute atomic E-state index is 0.0518. The number of aromatic nitrogens is 2.